The zero-order chi connectivity index (χ0) is 54.0. The molecule has 7 atom stereocenters. The minimum absolute atomic E-state index is 0.255. The molecule has 0 aromatic heterocycles. The van der Waals surface area contributed by atoms with Crippen LogP contribution in [-0.2, 0) is 28.9 Å². The maximum absolute atomic E-state index is 13.1. The van der Waals surface area contributed by atoms with Crippen molar-refractivity contribution in [3.8, 4) is 0 Å². The predicted octanol–water partition coefficient (Wildman–Crippen LogP) is 15.4. The first-order valence-corrected chi connectivity index (χ1v) is 32.9. The van der Waals surface area contributed by atoms with E-state index in [1.165, 1.54) is 250 Å². The summed E-state index contributed by atoms with van der Waals surface area (Å²) in [6.45, 7) is 3.43. The SMILES string of the molecule is CCCCCCCCCCCCCC/C=C/C(O)C(COC1OC(CO)C(O)C(OS(=O)(=O)O)C1O)NC(=O)CCCCCCCCCCCCCCCCCCCCCCCCCCCCCCCCCCC. The highest BCUT2D eigenvalue weighted by molar-refractivity contribution is 7.80. The lowest BCUT2D eigenvalue weighted by molar-refractivity contribution is -0.298. The van der Waals surface area contributed by atoms with E-state index in [2.05, 4.69) is 23.3 Å². The number of aliphatic hydroxyl groups is 4. The van der Waals surface area contributed by atoms with E-state index < -0.39 is 59.9 Å². The number of hydrogen-bond acceptors (Lipinski definition) is 10. The number of amides is 1. The second-order valence-electron chi connectivity index (χ2n) is 22.4. The van der Waals surface area contributed by atoms with Gasteiger partial charge in [0.15, 0.2) is 6.29 Å². The van der Waals surface area contributed by atoms with Gasteiger partial charge in [-0.3, -0.25) is 9.35 Å². The summed E-state index contributed by atoms with van der Waals surface area (Å²) in [5, 5.41) is 44.9. The molecule has 1 fully saturated rings. The summed E-state index contributed by atoms with van der Waals surface area (Å²) in [5.74, 6) is -0.255. The van der Waals surface area contributed by atoms with Crippen LogP contribution in [0, 0.1) is 0 Å². The fourth-order valence-electron chi connectivity index (χ4n) is 10.5. The Kier molecular flexibility index (Phi) is 49.1. The molecule has 0 bridgehead atoms. The van der Waals surface area contributed by atoms with E-state index in [0.29, 0.717) is 6.42 Å². The first-order chi connectivity index (χ1) is 36.0. The molecule has 13 heteroatoms. The van der Waals surface area contributed by atoms with Crippen LogP contribution in [0.1, 0.15) is 316 Å². The molecule has 1 aliphatic rings. The zero-order valence-electron chi connectivity index (χ0n) is 47.9. The first-order valence-electron chi connectivity index (χ1n) is 31.6. The van der Waals surface area contributed by atoms with Crippen molar-refractivity contribution in [2.24, 2.45) is 0 Å². The molecule has 440 valence electrons. The molecule has 1 heterocycles. The molecule has 7 unspecified atom stereocenters. The Balaban J connectivity index is 2.20. The van der Waals surface area contributed by atoms with Crippen LogP contribution < -0.4 is 5.32 Å². The normalized spacial score (nSPS) is 19.1. The molecule has 1 aliphatic heterocycles. The lowest BCUT2D eigenvalue weighted by atomic mass is 9.99. The Bertz CT molecular complexity index is 1350. The lowest BCUT2D eigenvalue weighted by Crippen LogP contribution is -2.61. The van der Waals surface area contributed by atoms with Gasteiger partial charge in [0, 0.05) is 6.42 Å². The van der Waals surface area contributed by atoms with Crippen LogP contribution >= 0.6 is 0 Å². The van der Waals surface area contributed by atoms with Gasteiger partial charge in [-0.25, -0.2) is 4.18 Å². The molecule has 1 amide bonds. The lowest BCUT2D eigenvalue weighted by Gasteiger charge is -2.41. The number of rotatable bonds is 56. The number of carbonyl (C=O) groups is 1. The molecule has 0 spiro atoms. The summed E-state index contributed by atoms with van der Waals surface area (Å²) in [6.07, 6.45) is 54.3. The van der Waals surface area contributed by atoms with Crippen molar-refractivity contribution >= 4 is 16.3 Å². The predicted molar refractivity (Wildman–Crippen MR) is 306 cm³/mol. The van der Waals surface area contributed by atoms with Crippen LogP contribution in [0.3, 0.4) is 0 Å². The molecule has 0 radical (unpaired) electrons. The van der Waals surface area contributed by atoms with E-state index in [9.17, 15) is 38.2 Å². The van der Waals surface area contributed by atoms with Gasteiger partial charge < -0.3 is 35.2 Å². The van der Waals surface area contributed by atoms with Crippen LogP contribution in [0.4, 0.5) is 0 Å². The third-order valence-electron chi connectivity index (χ3n) is 15.3. The molecule has 0 aliphatic carbocycles. The van der Waals surface area contributed by atoms with Gasteiger partial charge in [-0.1, -0.05) is 302 Å². The van der Waals surface area contributed by atoms with E-state index >= 15 is 0 Å². The number of unbranched alkanes of at least 4 members (excludes halogenated alkanes) is 44. The fraction of sp³-hybridized carbons (Fsp3) is 0.951. The molecular weight excluding hydrogens is 955 g/mol. The number of carbonyl (C=O) groups excluding carboxylic acids is 1. The summed E-state index contributed by atoms with van der Waals surface area (Å²) in [7, 11) is -5.09. The topological polar surface area (TPSA) is 192 Å². The maximum Gasteiger partial charge on any atom is 0.397 e. The van der Waals surface area contributed by atoms with Gasteiger partial charge in [0.2, 0.25) is 5.91 Å². The van der Waals surface area contributed by atoms with E-state index in [1.54, 1.807) is 6.08 Å². The van der Waals surface area contributed by atoms with Gasteiger partial charge in [0.1, 0.15) is 24.4 Å². The van der Waals surface area contributed by atoms with Gasteiger partial charge >= 0.3 is 10.4 Å². The molecule has 6 N–H and O–H groups in total. The number of hydrogen-bond donors (Lipinski definition) is 6. The summed E-state index contributed by atoms with van der Waals surface area (Å²) < 4.78 is 47.8. The average molecular weight is 1070 g/mol. The van der Waals surface area contributed by atoms with Crippen LogP contribution in [0.15, 0.2) is 12.2 Å². The maximum atomic E-state index is 13.1. The molecule has 0 aromatic rings. The van der Waals surface area contributed by atoms with Crippen molar-refractivity contribution in [2.45, 2.75) is 358 Å². The Morgan fingerprint density at radius 3 is 1.18 bits per heavy atom. The highest BCUT2D eigenvalue weighted by Crippen LogP contribution is 2.26. The summed E-state index contributed by atoms with van der Waals surface area (Å²) in [5.41, 5.74) is 0. The second-order valence-corrected chi connectivity index (χ2v) is 23.4. The Morgan fingerprint density at radius 1 is 0.527 bits per heavy atom. The Labute approximate surface area is 455 Å². The highest BCUT2D eigenvalue weighted by Gasteiger charge is 2.48. The summed E-state index contributed by atoms with van der Waals surface area (Å²) in [4.78, 5) is 13.1. The quantitative estimate of drug-likeness (QED) is 0.0193. The first kappa shape index (κ1) is 70.9. The third kappa shape index (κ3) is 42.8. The van der Waals surface area contributed by atoms with Crippen molar-refractivity contribution in [3.05, 3.63) is 12.2 Å². The highest BCUT2D eigenvalue weighted by atomic mass is 32.3. The largest absolute Gasteiger partial charge is 0.397 e. The second kappa shape index (κ2) is 51.3. The molecule has 0 aromatic carbocycles. The minimum atomic E-state index is -5.09. The molecular formula is C61H119NO11S. The molecule has 74 heavy (non-hydrogen) atoms. The summed E-state index contributed by atoms with van der Waals surface area (Å²) >= 11 is 0. The van der Waals surface area contributed by atoms with E-state index in [0.717, 1.165) is 38.5 Å². The molecule has 0 saturated carbocycles. The van der Waals surface area contributed by atoms with E-state index in [1.807, 2.05) is 6.08 Å². The minimum Gasteiger partial charge on any atom is -0.394 e. The van der Waals surface area contributed by atoms with Crippen molar-refractivity contribution < 1.29 is 51.8 Å². The van der Waals surface area contributed by atoms with E-state index in [-0.39, 0.29) is 18.9 Å². The van der Waals surface area contributed by atoms with Gasteiger partial charge in [0.05, 0.1) is 25.4 Å². The number of nitrogens with one attached hydrogen (secondary N) is 1. The van der Waals surface area contributed by atoms with Gasteiger partial charge in [-0.05, 0) is 19.3 Å². The van der Waals surface area contributed by atoms with Crippen molar-refractivity contribution in [2.75, 3.05) is 13.2 Å². The summed E-state index contributed by atoms with van der Waals surface area (Å²) in [6, 6.07) is -0.940. The van der Waals surface area contributed by atoms with Gasteiger partial charge in [-0.2, -0.15) is 8.42 Å². The van der Waals surface area contributed by atoms with Crippen LogP contribution in [0.25, 0.3) is 0 Å². The number of ether oxygens (including phenoxy) is 2. The van der Waals surface area contributed by atoms with E-state index in [4.69, 9.17) is 9.47 Å². The van der Waals surface area contributed by atoms with Crippen molar-refractivity contribution in [1.29, 1.82) is 0 Å². The molecule has 1 saturated heterocycles. The Morgan fingerprint density at radius 2 is 0.851 bits per heavy atom. The number of allylic oxidation sites excluding steroid dienone is 1. The zero-order valence-corrected chi connectivity index (χ0v) is 48.8. The Hall–Kier alpha value is -1.16. The van der Waals surface area contributed by atoms with Crippen LogP contribution in [0.5, 0.6) is 0 Å². The van der Waals surface area contributed by atoms with Gasteiger partial charge in [-0.15, -0.1) is 0 Å². The monoisotopic (exact) mass is 1070 g/mol. The van der Waals surface area contributed by atoms with Crippen molar-refractivity contribution in [1.82, 2.24) is 5.32 Å². The molecule has 1 rings (SSSR count). The van der Waals surface area contributed by atoms with Crippen LogP contribution in [0.2, 0.25) is 0 Å². The smallest absolute Gasteiger partial charge is 0.394 e. The molecule has 12 nitrogen and oxygen atoms in total. The van der Waals surface area contributed by atoms with Gasteiger partial charge in [0.25, 0.3) is 0 Å². The van der Waals surface area contributed by atoms with Crippen molar-refractivity contribution in [3.63, 3.8) is 0 Å². The average Bonchev–Trinajstić information content (AvgIpc) is 3.38. The number of aliphatic hydroxyl groups excluding tert-OH is 4. The standard InChI is InChI=1S/C61H119NO11S/c1-3-5-7-9-11-13-15-17-19-20-21-22-23-24-25-26-27-28-29-30-31-32-33-34-35-36-37-39-41-43-45-47-49-51-57(65)62-54(53-71-61-59(67)60(73-74(68,69)70)58(66)56(52-63)72-61)55(64)50-48-46-44-42-40-38-18-16-14-12-10-8-6-4-2/h48,50,54-56,58-61,63-64,66-67H,3-47,49,51-53H2,1-2H3,(H,62,65)(H,68,69,70)/b50-48+. The fourth-order valence-corrected chi connectivity index (χ4v) is 11.0. The third-order valence-corrected chi connectivity index (χ3v) is 15.8. The van der Waals surface area contributed by atoms with Crippen LogP contribution in [-0.4, -0.2) is 95.4 Å².